The van der Waals surface area contributed by atoms with Gasteiger partial charge in [0.05, 0.1) is 5.69 Å². The fourth-order valence-corrected chi connectivity index (χ4v) is 5.11. The third-order valence-corrected chi connectivity index (χ3v) is 6.25. The number of nitrogens with zero attached hydrogens (tertiary/aromatic N) is 3. The average Bonchev–Trinajstić information content (AvgIpc) is 3.13. The zero-order valence-corrected chi connectivity index (χ0v) is 19.4. The van der Waals surface area contributed by atoms with Gasteiger partial charge in [0.15, 0.2) is 5.69 Å². The second kappa shape index (κ2) is 9.86. The van der Waals surface area contributed by atoms with Crippen LogP contribution in [0.2, 0.25) is 0 Å². The van der Waals surface area contributed by atoms with E-state index in [1.807, 2.05) is 12.1 Å². The molecule has 1 fully saturated rings. The summed E-state index contributed by atoms with van der Waals surface area (Å²) in [7, 11) is 2.13. The predicted octanol–water partition coefficient (Wildman–Crippen LogP) is 4.51. The maximum absolute atomic E-state index is 12.7. The van der Waals surface area contributed by atoms with E-state index in [9.17, 15) is 9.59 Å². The van der Waals surface area contributed by atoms with Crippen molar-refractivity contribution in [2.45, 2.75) is 51.2 Å². The summed E-state index contributed by atoms with van der Waals surface area (Å²) in [4.78, 5) is 25.9. The van der Waals surface area contributed by atoms with Gasteiger partial charge in [0.2, 0.25) is 0 Å². The zero-order chi connectivity index (χ0) is 21.0. The van der Waals surface area contributed by atoms with E-state index in [-0.39, 0.29) is 18.1 Å². The van der Waals surface area contributed by atoms with Crippen LogP contribution in [0.1, 0.15) is 48.2 Å². The van der Waals surface area contributed by atoms with E-state index < -0.39 is 5.97 Å². The van der Waals surface area contributed by atoms with Crippen molar-refractivity contribution in [1.82, 2.24) is 14.7 Å². The van der Waals surface area contributed by atoms with Crippen molar-refractivity contribution in [3.8, 4) is 0 Å². The van der Waals surface area contributed by atoms with Crippen molar-refractivity contribution in [3.63, 3.8) is 0 Å². The van der Waals surface area contributed by atoms with Crippen molar-refractivity contribution in [2.24, 2.45) is 0 Å². The number of carbonyl (C=O) groups is 2. The highest BCUT2D eigenvalue weighted by Crippen LogP contribution is 2.33. The number of hydrogen-bond donors (Lipinski definition) is 2. The van der Waals surface area contributed by atoms with Gasteiger partial charge in [-0.25, -0.2) is 0 Å². The molecule has 1 aromatic heterocycles. The summed E-state index contributed by atoms with van der Waals surface area (Å²) >= 11 is 7.09. The van der Waals surface area contributed by atoms with E-state index in [4.69, 9.17) is 5.11 Å². The van der Waals surface area contributed by atoms with E-state index in [2.05, 4.69) is 54.2 Å². The number of anilines is 1. The highest BCUT2D eigenvalue weighted by molar-refractivity contribution is 9.11. The summed E-state index contributed by atoms with van der Waals surface area (Å²) in [6, 6.07) is 5.97. The standard InChI is InChI=1S/C20H24Br2N4O3/c1-25(15-5-3-2-4-6-15)11-13-9-14(21)10-16(22)19(13)23-20(29)17-7-8-26(24-17)12-18(27)28/h7-10,15H,2-6,11-12H2,1H3,(H,23,29)(H,27,28). The Labute approximate surface area is 186 Å². The zero-order valence-electron chi connectivity index (χ0n) is 16.2. The highest BCUT2D eigenvalue weighted by atomic mass is 79.9. The number of rotatable bonds is 7. The topological polar surface area (TPSA) is 87.5 Å². The molecule has 0 bridgehead atoms. The number of aromatic nitrogens is 2. The fraction of sp³-hybridized carbons (Fsp3) is 0.450. The molecule has 2 N–H and O–H groups in total. The van der Waals surface area contributed by atoms with Crippen molar-refractivity contribution < 1.29 is 14.7 Å². The Morgan fingerprint density at radius 2 is 2.00 bits per heavy atom. The Hall–Kier alpha value is -1.71. The van der Waals surface area contributed by atoms with Gasteiger partial charge in [-0.3, -0.25) is 19.2 Å². The summed E-state index contributed by atoms with van der Waals surface area (Å²) < 4.78 is 2.93. The number of hydrogen-bond acceptors (Lipinski definition) is 4. The molecule has 3 rings (SSSR count). The molecule has 9 heteroatoms. The Morgan fingerprint density at radius 3 is 2.69 bits per heavy atom. The largest absolute Gasteiger partial charge is 0.480 e. The molecule has 1 saturated carbocycles. The van der Waals surface area contributed by atoms with Crippen molar-refractivity contribution in [1.29, 1.82) is 0 Å². The SMILES string of the molecule is CN(Cc1cc(Br)cc(Br)c1NC(=O)c1ccn(CC(=O)O)n1)C1CCCCC1. The van der Waals surface area contributed by atoms with Crippen LogP contribution in [0.4, 0.5) is 5.69 Å². The number of carbonyl (C=O) groups excluding carboxylic acids is 1. The molecule has 0 atom stereocenters. The first kappa shape index (κ1) is 22.0. The van der Waals surface area contributed by atoms with Gasteiger partial charge in [-0.05, 0) is 59.6 Å². The van der Waals surface area contributed by atoms with Gasteiger partial charge in [-0.1, -0.05) is 35.2 Å². The molecule has 0 saturated heterocycles. The minimum atomic E-state index is -1.01. The number of carboxylic acid groups (broad SMARTS) is 1. The first-order valence-electron chi connectivity index (χ1n) is 9.58. The van der Waals surface area contributed by atoms with Gasteiger partial charge in [0.1, 0.15) is 6.54 Å². The first-order chi connectivity index (χ1) is 13.8. The van der Waals surface area contributed by atoms with Crippen molar-refractivity contribution in [3.05, 3.63) is 44.6 Å². The molecular formula is C20H24Br2N4O3. The quantitative estimate of drug-likeness (QED) is 0.553. The van der Waals surface area contributed by atoms with Crippen LogP contribution in [0.25, 0.3) is 0 Å². The minimum absolute atomic E-state index is 0.174. The Kier molecular flexibility index (Phi) is 7.48. The summed E-state index contributed by atoms with van der Waals surface area (Å²) in [5.41, 5.74) is 1.87. The molecule has 0 unspecified atom stereocenters. The van der Waals surface area contributed by atoms with Gasteiger partial charge in [0.25, 0.3) is 5.91 Å². The fourth-order valence-electron chi connectivity index (χ4n) is 3.70. The molecule has 0 spiro atoms. The normalized spacial score (nSPS) is 14.9. The monoisotopic (exact) mass is 526 g/mol. The van der Waals surface area contributed by atoms with Crippen molar-refractivity contribution >= 4 is 49.4 Å². The van der Waals surface area contributed by atoms with Crippen LogP contribution in [0.15, 0.2) is 33.3 Å². The summed E-state index contributed by atoms with van der Waals surface area (Å²) in [5.74, 6) is -1.39. The Bertz CT molecular complexity index is 894. The molecule has 0 radical (unpaired) electrons. The predicted molar refractivity (Wildman–Crippen MR) is 118 cm³/mol. The lowest BCUT2D eigenvalue weighted by atomic mass is 9.94. The number of aliphatic carboxylic acids is 1. The molecule has 1 aromatic carbocycles. The molecule has 2 aromatic rings. The lowest BCUT2D eigenvalue weighted by Gasteiger charge is -2.31. The number of benzene rings is 1. The van der Waals surface area contributed by atoms with Crippen LogP contribution in [-0.2, 0) is 17.9 Å². The number of amides is 1. The molecule has 29 heavy (non-hydrogen) atoms. The molecule has 1 aliphatic rings. The maximum atomic E-state index is 12.7. The summed E-state index contributed by atoms with van der Waals surface area (Å²) in [6.45, 7) is 0.429. The van der Waals surface area contributed by atoms with Gasteiger partial charge < -0.3 is 10.4 Å². The number of nitrogens with one attached hydrogen (secondary N) is 1. The second-order valence-electron chi connectivity index (χ2n) is 7.38. The van der Waals surface area contributed by atoms with Crippen LogP contribution < -0.4 is 5.32 Å². The number of carboxylic acids is 1. The van der Waals surface area contributed by atoms with E-state index in [0.717, 1.165) is 14.5 Å². The molecule has 156 valence electrons. The molecular weight excluding hydrogens is 504 g/mol. The van der Waals surface area contributed by atoms with Crippen LogP contribution in [0.5, 0.6) is 0 Å². The Balaban J connectivity index is 1.78. The van der Waals surface area contributed by atoms with Crippen molar-refractivity contribution in [2.75, 3.05) is 12.4 Å². The van der Waals surface area contributed by atoms with E-state index in [0.29, 0.717) is 18.3 Å². The van der Waals surface area contributed by atoms with Crippen LogP contribution in [-0.4, -0.2) is 44.8 Å². The summed E-state index contributed by atoms with van der Waals surface area (Å²) in [5, 5.41) is 15.9. The molecule has 0 aliphatic heterocycles. The Morgan fingerprint density at radius 1 is 1.28 bits per heavy atom. The van der Waals surface area contributed by atoms with Gasteiger partial charge in [-0.2, -0.15) is 5.10 Å². The maximum Gasteiger partial charge on any atom is 0.325 e. The van der Waals surface area contributed by atoms with Gasteiger partial charge in [-0.15, -0.1) is 0 Å². The molecule has 1 heterocycles. The molecule has 7 nitrogen and oxygen atoms in total. The van der Waals surface area contributed by atoms with E-state index in [1.165, 1.54) is 49.0 Å². The van der Waals surface area contributed by atoms with Gasteiger partial charge >= 0.3 is 5.97 Å². The lowest BCUT2D eigenvalue weighted by Crippen LogP contribution is -2.33. The average molecular weight is 528 g/mol. The second-order valence-corrected chi connectivity index (χ2v) is 9.15. The number of halogens is 2. The van der Waals surface area contributed by atoms with Crippen LogP contribution in [0.3, 0.4) is 0 Å². The highest BCUT2D eigenvalue weighted by Gasteiger charge is 2.21. The smallest absolute Gasteiger partial charge is 0.325 e. The van der Waals surface area contributed by atoms with Crippen LogP contribution >= 0.6 is 31.9 Å². The third kappa shape index (κ3) is 5.90. The van der Waals surface area contributed by atoms with E-state index >= 15 is 0 Å². The molecule has 1 aliphatic carbocycles. The summed E-state index contributed by atoms with van der Waals surface area (Å²) in [6.07, 6.45) is 7.72. The molecule has 1 amide bonds. The van der Waals surface area contributed by atoms with Gasteiger partial charge in [0, 0.05) is 27.7 Å². The third-order valence-electron chi connectivity index (χ3n) is 5.16. The van der Waals surface area contributed by atoms with E-state index in [1.54, 1.807) is 0 Å². The minimum Gasteiger partial charge on any atom is -0.480 e. The van der Waals surface area contributed by atoms with Crippen LogP contribution in [0, 0.1) is 0 Å². The first-order valence-corrected chi connectivity index (χ1v) is 11.2. The lowest BCUT2D eigenvalue weighted by molar-refractivity contribution is -0.137.